The molecule has 1 aliphatic carbocycles. The summed E-state index contributed by atoms with van der Waals surface area (Å²) < 4.78 is 0. The lowest BCUT2D eigenvalue weighted by Gasteiger charge is -2.11. The summed E-state index contributed by atoms with van der Waals surface area (Å²) in [5, 5.41) is 3.04. The largest absolute Gasteiger partial charge is 0.117 e. The molecule has 0 N–H and O–H groups in total. The van der Waals surface area contributed by atoms with Crippen LogP contribution < -0.4 is 5.19 Å². The third-order valence-electron chi connectivity index (χ3n) is 3.91. The fraction of sp³-hybridized carbons (Fsp3) is 0.158. The Bertz CT molecular complexity index is 678. The summed E-state index contributed by atoms with van der Waals surface area (Å²) in [7, 11) is 0.776. The van der Waals surface area contributed by atoms with Crippen LogP contribution in [0.15, 0.2) is 65.9 Å². The van der Waals surface area contributed by atoms with Crippen LogP contribution in [-0.2, 0) is 0 Å². The minimum absolute atomic E-state index is 0.776. The van der Waals surface area contributed by atoms with Crippen LogP contribution in [0.4, 0.5) is 0 Å². The van der Waals surface area contributed by atoms with Crippen molar-refractivity contribution in [1.82, 2.24) is 0 Å². The molecule has 0 unspecified atom stereocenters. The predicted molar refractivity (Wildman–Crippen MR) is 88.4 cm³/mol. The number of rotatable bonds is 3. The van der Waals surface area contributed by atoms with Gasteiger partial charge in [-0.3, -0.25) is 0 Å². The second-order valence-corrected chi connectivity index (χ2v) is 6.63. The van der Waals surface area contributed by atoms with Gasteiger partial charge >= 0.3 is 0 Å². The van der Waals surface area contributed by atoms with Crippen LogP contribution in [0.5, 0.6) is 0 Å². The Morgan fingerprint density at radius 1 is 0.900 bits per heavy atom. The lowest BCUT2D eigenvalue weighted by atomic mass is 10.1. The SMILES string of the molecule is Cc1cccc([Si]C2=C(c3ccccc3)C=CC2)c1C. The summed E-state index contributed by atoms with van der Waals surface area (Å²) in [5.74, 6) is 0. The van der Waals surface area contributed by atoms with Crippen molar-refractivity contribution in [3.8, 4) is 0 Å². The van der Waals surface area contributed by atoms with Gasteiger partial charge in [-0.2, -0.15) is 0 Å². The van der Waals surface area contributed by atoms with E-state index in [4.69, 9.17) is 0 Å². The van der Waals surface area contributed by atoms with Crippen molar-refractivity contribution in [3.63, 3.8) is 0 Å². The maximum atomic E-state index is 2.29. The van der Waals surface area contributed by atoms with Gasteiger partial charge in [0, 0.05) is 0 Å². The van der Waals surface area contributed by atoms with E-state index in [1.807, 2.05) is 0 Å². The minimum Gasteiger partial charge on any atom is -0.0802 e. The third kappa shape index (κ3) is 2.54. The maximum absolute atomic E-state index is 2.29. The molecule has 3 rings (SSSR count). The Morgan fingerprint density at radius 2 is 1.70 bits per heavy atom. The highest BCUT2D eigenvalue weighted by Gasteiger charge is 2.13. The Morgan fingerprint density at radius 3 is 2.50 bits per heavy atom. The molecule has 0 saturated carbocycles. The van der Waals surface area contributed by atoms with Gasteiger partial charge in [0.1, 0.15) is 9.52 Å². The molecule has 0 heterocycles. The highest BCUT2D eigenvalue weighted by atomic mass is 28.2. The molecule has 2 radical (unpaired) electrons. The van der Waals surface area contributed by atoms with E-state index in [9.17, 15) is 0 Å². The summed E-state index contributed by atoms with van der Waals surface area (Å²) >= 11 is 0. The van der Waals surface area contributed by atoms with E-state index < -0.39 is 0 Å². The average Bonchev–Trinajstić information content (AvgIpc) is 2.93. The van der Waals surface area contributed by atoms with E-state index in [2.05, 4.69) is 74.5 Å². The molecular weight excluding hydrogens is 256 g/mol. The molecule has 0 saturated heterocycles. The van der Waals surface area contributed by atoms with Crippen molar-refractivity contribution >= 4 is 20.3 Å². The van der Waals surface area contributed by atoms with E-state index in [1.165, 1.54) is 27.5 Å². The molecule has 0 aliphatic heterocycles. The number of benzene rings is 2. The summed E-state index contributed by atoms with van der Waals surface area (Å²) in [6.07, 6.45) is 5.66. The van der Waals surface area contributed by atoms with Gasteiger partial charge in [-0.25, -0.2) is 0 Å². The highest BCUT2D eigenvalue weighted by Crippen LogP contribution is 2.27. The zero-order valence-corrected chi connectivity index (χ0v) is 13.0. The first-order valence-corrected chi connectivity index (χ1v) is 8.04. The van der Waals surface area contributed by atoms with Crippen LogP contribution in [0, 0.1) is 13.8 Å². The van der Waals surface area contributed by atoms with Crippen LogP contribution in [0.1, 0.15) is 23.1 Å². The monoisotopic (exact) mass is 274 g/mol. The zero-order chi connectivity index (χ0) is 13.9. The Hall–Kier alpha value is -1.86. The molecule has 0 aromatic heterocycles. The first-order valence-electron chi connectivity index (χ1n) is 7.04. The lowest BCUT2D eigenvalue weighted by Crippen LogP contribution is -2.20. The molecule has 0 bridgehead atoms. The standard InChI is InChI=1S/C19H18Si/c1-14-8-6-12-18(15(14)2)20-19-13-7-11-17(19)16-9-4-3-5-10-16/h3-12H,13H2,1-2H3. The van der Waals surface area contributed by atoms with Crippen molar-refractivity contribution in [2.45, 2.75) is 20.3 Å². The van der Waals surface area contributed by atoms with Crippen molar-refractivity contribution in [2.75, 3.05) is 0 Å². The van der Waals surface area contributed by atoms with E-state index in [1.54, 1.807) is 5.20 Å². The Kier molecular flexibility index (Phi) is 3.70. The molecule has 0 nitrogen and oxygen atoms in total. The van der Waals surface area contributed by atoms with E-state index in [0.717, 1.165) is 15.9 Å². The van der Waals surface area contributed by atoms with Crippen molar-refractivity contribution in [1.29, 1.82) is 0 Å². The van der Waals surface area contributed by atoms with Gasteiger partial charge < -0.3 is 0 Å². The first-order chi connectivity index (χ1) is 9.75. The molecule has 2 aromatic carbocycles. The highest BCUT2D eigenvalue weighted by molar-refractivity contribution is 6.63. The van der Waals surface area contributed by atoms with Gasteiger partial charge in [0.05, 0.1) is 0 Å². The molecule has 1 aliphatic rings. The van der Waals surface area contributed by atoms with Crippen molar-refractivity contribution in [2.24, 2.45) is 0 Å². The van der Waals surface area contributed by atoms with Crippen LogP contribution in [0.3, 0.4) is 0 Å². The van der Waals surface area contributed by atoms with Gasteiger partial charge in [0.25, 0.3) is 0 Å². The Labute approximate surface area is 123 Å². The zero-order valence-electron chi connectivity index (χ0n) is 12.0. The van der Waals surface area contributed by atoms with Gasteiger partial charge in [0.15, 0.2) is 0 Å². The fourth-order valence-electron chi connectivity index (χ4n) is 2.56. The van der Waals surface area contributed by atoms with E-state index >= 15 is 0 Å². The lowest BCUT2D eigenvalue weighted by molar-refractivity contribution is 1.36. The summed E-state index contributed by atoms with van der Waals surface area (Å²) in [5.41, 5.74) is 5.60. The summed E-state index contributed by atoms with van der Waals surface area (Å²) in [6.45, 7) is 4.44. The number of aryl methyl sites for hydroxylation is 1. The van der Waals surface area contributed by atoms with Crippen LogP contribution in [-0.4, -0.2) is 9.52 Å². The summed E-state index contributed by atoms with van der Waals surface area (Å²) in [4.78, 5) is 0. The molecule has 0 fully saturated rings. The van der Waals surface area contributed by atoms with Crippen LogP contribution in [0.2, 0.25) is 0 Å². The second-order valence-electron chi connectivity index (χ2n) is 5.24. The molecular formula is C19H18Si. The second kappa shape index (κ2) is 5.64. The Balaban J connectivity index is 1.96. The van der Waals surface area contributed by atoms with E-state index in [-0.39, 0.29) is 0 Å². The van der Waals surface area contributed by atoms with Crippen LogP contribution >= 0.6 is 0 Å². The molecule has 0 spiro atoms. The molecule has 20 heavy (non-hydrogen) atoms. The van der Waals surface area contributed by atoms with Crippen molar-refractivity contribution in [3.05, 3.63) is 82.6 Å². The van der Waals surface area contributed by atoms with Gasteiger partial charge in [-0.1, -0.05) is 71.1 Å². The normalized spacial score (nSPS) is 14.1. The topological polar surface area (TPSA) is 0 Å². The smallest absolute Gasteiger partial charge is 0.0802 e. The van der Waals surface area contributed by atoms with Gasteiger partial charge in [-0.15, -0.1) is 0 Å². The molecule has 1 heteroatoms. The number of hydrogen-bond acceptors (Lipinski definition) is 0. The van der Waals surface area contributed by atoms with E-state index in [0.29, 0.717) is 0 Å². The van der Waals surface area contributed by atoms with Gasteiger partial charge in [0.2, 0.25) is 0 Å². The number of allylic oxidation sites excluding steroid dienone is 4. The third-order valence-corrected chi connectivity index (χ3v) is 5.49. The fourth-order valence-corrected chi connectivity index (χ4v) is 4.03. The van der Waals surface area contributed by atoms with Crippen LogP contribution in [0.25, 0.3) is 5.57 Å². The molecule has 0 atom stereocenters. The first kappa shape index (κ1) is 13.1. The average molecular weight is 274 g/mol. The predicted octanol–water partition coefficient (Wildman–Crippen LogP) is 4.00. The van der Waals surface area contributed by atoms with Gasteiger partial charge in [-0.05, 0) is 42.5 Å². The summed E-state index contributed by atoms with van der Waals surface area (Å²) in [6, 6.07) is 17.4. The maximum Gasteiger partial charge on any atom is 0.117 e. The number of hydrogen-bond donors (Lipinski definition) is 0. The molecule has 98 valence electrons. The minimum atomic E-state index is 0.776. The molecule has 2 aromatic rings. The molecule has 0 amide bonds. The van der Waals surface area contributed by atoms with Crippen molar-refractivity contribution < 1.29 is 0 Å². The quantitative estimate of drug-likeness (QED) is 0.742.